The second kappa shape index (κ2) is 5.87. The fourth-order valence-corrected chi connectivity index (χ4v) is 2.19. The number of nitrogens with zero attached hydrogens (tertiary/aromatic N) is 1. The third-order valence-electron chi connectivity index (χ3n) is 3.54. The van der Waals surface area contributed by atoms with Crippen LogP contribution >= 0.6 is 15.9 Å². The van der Waals surface area contributed by atoms with E-state index >= 15 is 0 Å². The van der Waals surface area contributed by atoms with Crippen LogP contribution in [0, 0.1) is 0 Å². The van der Waals surface area contributed by atoms with Gasteiger partial charge in [-0.3, -0.25) is 0 Å². The van der Waals surface area contributed by atoms with E-state index in [9.17, 15) is 0 Å². The molecule has 96 valence electrons. The molecule has 2 nitrogen and oxygen atoms in total. The van der Waals surface area contributed by atoms with Crippen molar-refractivity contribution in [3.05, 3.63) is 28.2 Å². The first-order valence-electron chi connectivity index (χ1n) is 6.09. The molecule has 1 rings (SSSR count). The molecule has 1 aromatic carbocycles. The van der Waals surface area contributed by atoms with E-state index in [1.165, 1.54) is 11.3 Å². The highest BCUT2D eigenvalue weighted by molar-refractivity contribution is 9.10. The van der Waals surface area contributed by atoms with E-state index in [0.717, 1.165) is 17.4 Å². The Labute approximate surface area is 114 Å². The van der Waals surface area contributed by atoms with E-state index in [-0.39, 0.29) is 5.54 Å². The molecular formula is C14H23BrN2. The van der Waals surface area contributed by atoms with Crippen molar-refractivity contribution in [1.82, 2.24) is 5.32 Å². The Bertz CT molecular complexity index is 374. The SMILES string of the molecule is CCC(C)(C)N(C)c1ccc(Br)cc1CNC. The largest absolute Gasteiger partial charge is 0.369 e. The monoisotopic (exact) mass is 298 g/mol. The van der Waals surface area contributed by atoms with Crippen molar-refractivity contribution in [3.63, 3.8) is 0 Å². The van der Waals surface area contributed by atoms with E-state index in [4.69, 9.17) is 0 Å². The Balaban J connectivity index is 3.12. The summed E-state index contributed by atoms with van der Waals surface area (Å²) in [5.74, 6) is 0. The van der Waals surface area contributed by atoms with Crippen LogP contribution in [0.2, 0.25) is 0 Å². The zero-order valence-corrected chi connectivity index (χ0v) is 13.1. The van der Waals surface area contributed by atoms with Crippen molar-refractivity contribution in [3.8, 4) is 0 Å². The number of nitrogens with one attached hydrogen (secondary N) is 1. The molecule has 0 fully saturated rings. The molecule has 0 radical (unpaired) electrons. The Morgan fingerprint density at radius 1 is 1.35 bits per heavy atom. The van der Waals surface area contributed by atoms with Crippen LogP contribution in [0.4, 0.5) is 5.69 Å². The lowest BCUT2D eigenvalue weighted by Crippen LogP contribution is -2.41. The van der Waals surface area contributed by atoms with Gasteiger partial charge in [0.2, 0.25) is 0 Å². The van der Waals surface area contributed by atoms with Crippen molar-refractivity contribution < 1.29 is 0 Å². The molecule has 17 heavy (non-hydrogen) atoms. The molecule has 0 atom stereocenters. The van der Waals surface area contributed by atoms with Gasteiger partial charge in [-0.25, -0.2) is 0 Å². The standard InChI is InChI=1S/C14H23BrN2/c1-6-14(2,3)17(5)13-8-7-12(15)9-11(13)10-16-4/h7-9,16H,6,10H2,1-5H3. The molecule has 0 saturated carbocycles. The van der Waals surface area contributed by atoms with E-state index in [1.807, 2.05) is 7.05 Å². The van der Waals surface area contributed by atoms with Crippen LogP contribution in [0.25, 0.3) is 0 Å². The van der Waals surface area contributed by atoms with Gasteiger partial charge in [0.05, 0.1) is 0 Å². The first kappa shape index (κ1) is 14.5. The number of benzene rings is 1. The molecule has 0 bridgehead atoms. The van der Waals surface area contributed by atoms with E-state index in [2.05, 4.69) is 72.2 Å². The third-order valence-corrected chi connectivity index (χ3v) is 4.04. The molecule has 0 aliphatic rings. The summed E-state index contributed by atoms with van der Waals surface area (Å²) in [5, 5.41) is 3.23. The summed E-state index contributed by atoms with van der Waals surface area (Å²) >= 11 is 3.54. The van der Waals surface area contributed by atoms with Crippen molar-refractivity contribution in [2.24, 2.45) is 0 Å². The first-order valence-corrected chi connectivity index (χ1v) is 6.88. The fraction of sp³-hybridized carbons (Fsp3) is 0.571. The predicted molar refractivity (Wildman–Crippen MR) is 79.7 cm³/mol. The predicted octanol–water partition coefficient (Wildman–Crippen LogP) is 3.79. The minimum absolute atomic E-state index is 0.177. The van der Waals surface area contributed by atoms with Crippen molar-refractivity contribution in [1.29, 1.82) is 0 Å². The van der Waals surface area contributed by atoms with E-state index < -0.39 is 0 Å². The van der Waals surface area contributed by atoms with Gasteiger partial charge in [-0.1, -0.05) is 22.9 Å². The van der Waals surface area contributed by atoms with Crippen LogP contribution in [-0.2, 0) is 6.54 Å². The smallest absolute Gasteiger partial charge is 0.0414 e. The molecule has 0 unspecified atom stereocenters. The van der Waals surface area contributed by atoms with Crippen LogP contribution in [0.15, 0.2) is 22.7 Å². The summed E-state index contributed by atoms with van der Waals surface area (Å²) in [6, 6.07) is 6.49. The minimum Gasteiger partial charge on any atom is -0.369 e. The molecule has 0 aliphatic heterocycles. The maximum absolute atomic E-state index is 3.54. The average molecular weight is 299 g/mol. The van der Waals surface area contributed by atoms with Gasteiger partial charge in [-0.05, 0) is 51.1 Å². The van der Waals surface area contributed by atoms with Gasteiger partial charge in [0, 0.05) is 29.3 Å². The maximum Gasteiger partial charge on any atom is 0.0414 e. The third kappa shape index (κ3) is 3.46. The molecule has 3 heteroatoms. The Morgan fingerprint density at radius 3 is 2.53 bits per heavy atom. The molecule has 0 amide bonds. The summed E-state index contributed by atoms with van der Waals surface area (Å²) in [6.45, 7) is 7.67. The van der Waals surface area contributed by atoms with E-state index in [0.29, 0.717) is 0 Å². The molecule has 1 N–H and O–H groups in total. The first-order chi connectivity index (χ1) is 7.92. The van der Waals surface area contributed by atoms with Gasteiger partial charge in [0.25, 0.3) is 0 Å². The number of anilines is 1. The highest BCUT2D eigenvalue weighted by Gasteiger charge is 2.23. The quantitative estimate of drug-likeness (QED) is 0.890. The van der Waals surface area contributed by atoms with Crippen LogP contribution in [0.5, 0.6) is 0 Å². The molecule has 0 heterocycles. The lowest BCUT2D eigenvalue weighted by Gasteiger charge is -2.38. The summed E-state index contributed by atoms with van der Waals surface area (Å²) in [7, 11) is 4.15. The van der Waals surface area contributed by atoms with Crippen molar-refractivity contribution in [2.75, 3.05) is 19.0 Å². The van der Waals surface area contributed by atoms with Gasteiger partial charge in [0.1, 0.15) is 0 Å². The Kier molecular flexibility index (Phi) is 5.02. The molecule has 0 aromatic heterocycles. The lowest BCUT2D eigenvalue weighted by molar-refractivity contribution is 0.469. The van der Waals surface area contributed by atoms with Crippen molar-refractivity contribution >= 4 is 21.6 Å². The maximum atomic E-state index is 3.54. The summed E-state index contributed by atoms with van der Waals surface area (Å²) in [4.78, 5) is 2.37. The van der Waals surface area contributed by atoms with Crippen LogP contribution in [-0.4, -0.2) is 19.6 Å². The van der Waals surface area contributed by atoms with Crippen LogP contribution < -0.4 is 10.2 Å². The normalized spacial score (nSPS) is 11.6. The summed E-state index contributed by atoms with van der Waals surface area (Å²) in [5.41, 5.74) is 2.80. The summed E-state index contributed by atoms with van der Waals surface area (Å²) < 4.78 is 1.13. The Morgan fingerprint density at radius 2 is 2.00 bits per heavy atom. The minimum atomic E-state index is 0.177. The van der Waals surface area contributed by atoms with Crippen molar-refractivity contribution in [2.45, 2.75) is 39.3 Å². The molecule has 0 aliphatic carbocycles. The van der Waals surface area contributed by atoms with Gasteiger partial charge >= 0.3 is 0 Å². The highest BCUT2D eigenvalue weighted by atomic mass is 79.9. The Hall–Kier alpha value is -0.540. The second-order valence-electron chi connectivity index (χ2n) is 5.03. The number of hydrogen-bond acceptors (Lipinski definition) is 2. The van der Waals surface area contributed by atoms with Gasteiger partial charge in [-0.15, -0.1) is 0 Å². The molecule has 0 saturated heterocycles. The van der Waals surface area contributed by atoms with Gasteiger partial charge in [0.15, 0.2) is 0 Å². The number of rotatable bonds is 5. The van der Waals surface area contributed by atoms with Gasteiger partial charge in [-0.2, -0.15) is 0 Å². The molecular weight excluding hydrogens is 276 g/mol. The topological polar surface area (TPSA) is 15.3 Å². The van der Waals surface area contributed by atoms with Gasteiger partial charge < -0.3 is 10.2 Å². The zero-order valence-electron chi connectivity index (χ0n) is 11.5. The lowest BCUT2D eigenvalue weighted by atomic mass is 9.98. The summed E-state index contributed by atoms with van der Waals surface area (Å²) in [6.07, 6.45) is 1.12. The van der Waals surface area contributed by atoms with Crippen LogP contribution in [0.1, 0.15) is 32.8 Å². The fourth-order valence-electron chi connectivity index (χ4n) is 1.78. The van der Waals surface area contributed by atoms with Crippen LogP contribution in [0.3, 0.4) is 0 Å². The molecule has 0 spiro atoms. The highest BCUT2D eigenvalue weighted by Crippen LogP contribution is 2.30. The zero-order chi connectivity index (χ0) is 13.1. The average Bonchev–Trinajstić information content (AvgIpc) is 2.29. The number of hydrogen-bond donors (Lipinski definition) is 1. The number of halogens is 1. The second-order valence-corrected chi connectivity index (χ2v) is 5.94. The molecule has 1 aromatic rings. The van der Waals surface area contributed by atoms with E-state index in [1.54, 1.807) is 0 Å².